The van der Waals surface area contributed by atoms with Gasteiger partial charge in [0.15, 0.2) is 17.3 Å². The minimum absolute atomic E-state index is 0.0212. The van der Waals surface area contributed by atoms with E-state index in [0.29, 0.717) is 16.5 Å². The average molecular weight is 705 g/mol. The summed E-state index contributed by atoms with van der Waals surface area (Å²) in [5, 5.41) is 32.2. The van der Waals surface area contributed by atoms with Gasteiger partial charge in [-0.25, -0.2) is 0 Å². The van der Waals surface area contributed by atoms with Crippen molar-refractivity contribution in [3.05, 3.63) is 58.2 Å². The predicted molar refractivity (Wildman–Crippen MR) is 195 cm³/mol. The third-order valence-electron chi connectivity index (χ3n) is 9.30. The van der Waals surface area contributed by atoms with Crippen LogP contribution in [0, 0.1) is 0 Å². The van der Waals surface area contributed by atoms with Crippen LogP contribution in [0.4, 0.5) is 0 Å². The molecule has 0 fully saturated rings. The lowest BCUT2D eigenvalue weighted by Crippen LogP contribution is -2.32. The Hall–Kier alpha value is -4.56. The fourth-order valence-corrected chi connectivity index (χ4v) is 8.17. The van der Waals surface area contributed by atoms with Crippen LogP contribution in [0.2, 0.25) is 0 Å². The summed E-state index contributed by atoms with van der Waals surface area (Å²) in [5.74, 6) is -1.36. The van der Waals surface area contributed by atoms with Gasteiger partial charge in [-0.2, -0.15) is 0 Å². The number of phenols is 1. The van der Waals surface area contributed by atoms with E-state index in [2.05, 4.69) is 12.6 Å². The van der Waals surface area contributed by atoms with Crippen molar-refractivity contribution >= 4 is 89.1 Å². The Morgan fingerprint density at radius 2 is 1.29 bits per heavy atom. The molecule has 1 aliphatic carbocycles. The molecule has 0 aliphatic heterocycles. The largest absolute Gasteiger partial charge is 0.506 e. The van der Waals surface area contributed by atoms with Crippen molar-refractivity contribution in [3.63, 3.8) is 0 Å². The first-order valence-electron chi connectivity index (χ1n) is 15.2. The second-order valence-corrected chi connectivity index (χ2v) is 12.8. The number of phenolic OH excluding ortho intramolecular Hbond substituents is 1. The summed E-state index contributed by atoms with van der Waals surface area (Å²) in [5.41, 5.74) is -1.13. The number of thiol groups is 1. The summed E-state index contributed by atoms with van der Waals surface area (Å²) >= 11 is 10.2. The molecule has 0 spiro atoms. The van der Waals surface area contributed by atoms with Crippen LogP contribution in [-0.4, -0.2) is 67.6 Å². The number of hydrogen-bond acceptors (Lipinski definition) is 13. The first kappa shape index (κ1) is 34.3. The molecule has 5 aromatic rings. The first-order chi connectivity index (χ1) is 23.4. The molecular weight excluding hydrogens is 673 g/mol. The van der Waals surface area contributed by atoms with Crippen LogP contribution in [0.3, 0.4) is 0 Å². The van der Waals surface area contributed by atoms with Gasteiger partial charge < -0.3 is 34.3 Å². The maximum atomic E-state index is 14.6. The SMILES string of the molecule is COc1c2c3c4c(c(OC)c(=O)c5c(=O)/c(=C(/S)CCO)c(OC)c(c6c(OC)c(C(=S)CCO)c(O)c(c1=O)c36)c54)CC(C)=C2C(C)=O. The molecule has 254 valence electrons. The van der Waals surface area contributed by atoms with Crippen LogP contribution < -0.4 is 40.5 Å². The van der Waals surface area contributed by atoms with Gasteiger partial charge in [0.25, 0.3) is 0 Å². The summed E-state index contributed by atoms with van der Waals surface area (Å²) in [4.78, 5) is 57.3. The summed E-state index contributed by atoms with van der Waals surface area (Å²) in [6, 6.07) is 0. The lowest BCUT2D eigenvalue weighted by atomic mass is 9.81. The van der Waals surface area contributed by atoms with Gasteiger partial charge in [-0.3, -0.25) is 19.2 Å². The van der Waals surface area contributed by atoms with Gasteiger partial charge in [-0.1, -0.05) is 17.8 Å². The zero-order valence-corrected chi connectivity index (χ0v) is 29.2. The Morgan fingerprint density at radius 3 is 1.84 bits per heavy atom. The van der Waals surface area contributed by atoms with Crippen molar-refractivity contribution in [2.75, 3.05) is 41.7 Å². The molecule has 0 aromatic heterocycles. The standard InChI is InChI=1S/C36H32O11S2/c1-12-11-14-18-21-23-26(25-22(18)27(31(42)33(14)44-3)29(40)19(34(25)45-4)15(48)7-9-37)35(46-5)20(16(49)8-10-38)30(41)28(23)32(43)36(47-6)24(21)17(12)13(2)39/h37-38,41,48H,7-11H2,1-6H3/b19-15-. The van der Waals surface area contributed by atoms with Crippen molar-refractivity contribution in [2.24, 2.45) is 0 Å². The average Bonchev–Trinajstić information content (AvgIpc) is 3.18. The third kappa shape index (κ3) is 4.45. The Morgan fingerprint density at radius 1 is 0.735 bits per heavy atom. The van der Waals surface area contributed by atoms with Gasteiger partial charge >= 0.3 is 0 Å². The van der Waals surface area contributed by atoms with E-state index in [1.165, 1.54) is 35.4 Å². The highest BCUT2D eigenvalue weighted by Crippen LogP contribution is 2.55. The number of aliphatic hydroxyl groups excluding tert-OH is 2. The van der Waals surface area contributed by atoms with E-state index in [0.717, 1.165) is 0 Å². The van der Waals surface area contributed by atoms with Crippen molar-refractivity contribution < 1.29 is 39.1 Å². The summed E-state index contributed by atoms with van der Waals surface area (Å²) in [7, 11) is 5.23. The molecule has 3 N–H and O–H groups in total. The lowest BCUT2D eigenvalue weighted by Gasteiger charge is -2.25. The van der Waals surface area contributed by atoms with Crippen molar-refractivity contribution in [1.29, 1.82) is 0 Å². The van der Waals surface area contributed by atoms with Gasteiger partial charge in [-0.05, 0) is 30.6 Å². The van der Waals surface area contributed by atoms with E-state index >= 15 is 0 Å². The molecule has 13 heteroatoms. The van der Waals surface area contributed by atoms with E-state index in [4.69, 9.17) is 31.2 Å². The molecule has 5 aromatic carbocycles. The van der Waals surface area contributed by atoms with E-state index in [1.807, 2.05) is 0 Å². The summed E-state index contributed by atoms with van der Waals surface area (Å²) in [6.07, 6.45) is -0.116. The molecule has 0 radical (unpaired) electrons. The van der Waals surface area contributed by atoms with Crippen molar-refractivity contribution in [3.8, 4) is 28.7 Å². The smallest absolute Gasteiger partial charge is 0.232 e. The second kappa shape index (κ2) is 12.4. The van der Waals surface area contributed by atoms with Gasteiger partial charge in [0, 0.05) is 74.6 Å². The molecule has 6 rings (SSSR count). The Bertz CT molecular complexity index is 2570. The van der Waals surface area contributed by atoms with Gasteiger partial charge in [-0.15, -0.1) is 12.6 Å². The number of benzene rings is 5. The zero-order valence-electron chi connectivity index (χ0n) is 27.5. The minimum atomic E-state index is -0.755. The molecular formula is C36H32O11S2. The molecule has 0 atom stereocenters. The first-order valence-corrected chi connectivity index (χ1v) is 16.1. The topological polar surface area (TPSA) is 166 Å². The fourth-order valence-electron chi connectivity index (χ4n) is 7.59. The Labute approximate surface area is 289 Å². The number of aromatic hydroxyl groups is 1. The number of carbonyl (C=O) groups is 1. The predicted octanol–water partition coefficient (Wildman–Crippen LogP) is 3.15. The highest BCUT2D eigenvalue weighted by Gasteiger charge is 2.37. The number of methoxy groups -OCH3 is 4. The molecule has 11 nitrogen and oxygen atoms in total. The number of Topliss-reactive ketones (excluding diaryl/α,β-unsaturated/α-hetero) is 1. The highest BCUT2D eigenvalue weighted by molar-refractivity contribution is 7.90. The van der Waals surface area contributed by atoms with E-state index in [-0.39, 0.29) is 125 Å². The lowest BCUT2D eigenvalue weighted by molar-refractivity contribution is -0.111. The van der Waals surface area contributed by atoms with Crippen molar-refractivity contribution in [2.45, 2.75) is 33.1 Å². The molecule has 1 aliphatic rings. The fraction of sp³-hybridized carbons (Fsp3) is 0.306. The Kier molecular flexibility index (Phi) is 8.68. The molecule has 0 saturated heterocycles. The van der Waals surface area contributed by atoms with Gasteiger partial charge in [0.1, 0.15) is 17.2 Å². The number of ketones is 1. The number of aliphatic hydroxyl groups is 2. The van der Waals surface area contributed by atoms with Gasteiger partial charge in [0.2, 0.25) is 16.3 Å². The second-order valence-electron chi connectivity index (χ2n) is 11.8. The quantitative estimate of drug-likeness (QED) is 0.0553. The molecule has 0 amide bonds. The number of ether oxygens (including phenoxy) is 4. The normalized spacial score (nSPS) is 13.6. The van der Waals surface area contributed by atoms with Crippen LogP contribution >= 0.6 is 24.8 Å². The molecule has 0 saturated carbocycles. The van der Waals surface area contributed by atoms with E-state index in [1.54, 1.807) is 6.92 Å². The van der Waals surface area contributed by atoms with Crippen LogP contribution in [-0.2, 0) is 11.2 Å². The number of rotatable bonds is 10. The van der Waals surface area contributed by atoms with E-state index < -0.39 is 27.8 Å². The number of carbonyl (C=O) groups excluding carboxylic acids is 1. The molecule has 49 heavy (non-hydrogen) atoms. The molecule has 0 bridgehead atoms. The number of thiocarbonyl (C=S) groups is 1. The number of fused-ring (bicyclic) bond motifs is 1. The molecule has 0 heterocycles. The highest BCUT2D eigenvalue weighted by atomic mass is 32.1. The maximum absolute atomic E-state index is 14.6. The zero-order chi connectivity index (χ0) is 35.8. The number of allylic oxidation sites excluding steroid dienone is 2. The van der Waals surface area contributed by atoms with Crippen LogP contribution in [0.1, 0.15) is 43.4 Å². The van der Waals surface area contributed by atoms with Crippen LogP contribution in [0.25, 0.3) is 53.6 Å². The Balaban J connectivity index is 2.25. The third-order valence-corrected chi connectivity index (χ3v) is 10.2. The minimum Gasteiger partial charge on any atom is -0.506 e. The van der Waals surface area contributed by atoms with E-state index in [9.17, 15) is 34.5 Å². The summed E-state index contributed by atoms with van der Waals surface area (Å²) < 4.78 is 23.4. The monoisotopic (exact) mass is 704 g/mol. The van der Waals surface area contributed by atoms with Crippen LogP contribution in [0.15, 0.2) is 20.0 Å². The van der Waals surface area contributed by atoms with Gasteiger partial charge in [0.05, 0.1) is 50.0 Å². The van der Waals surface area contributed by atoms with Crippen molar-refractivity contribution in [1.82, 2.24) is 0 Å². The number of hydrogen-bond donors (Lipinski definition) is 4. The van der Waals surface area contributed by atoms with Crippen LogP contribution in [0.5, 0.6) is 28.7 Å². The molecule has 0 unspecified atom stereocenters. The maximum Gasteiger partial charge on any atom is 0.232 e. The summed E-state index contributed by atoms with van der Waals surface area (Å²) in [6.45, 7) is 2.30.